The maximum Gasteiger partial charge on any atom is 0.341 e. The summed E-state index contributed by atoms with van der Waals surface area (Å²) in [5.41, 5.74) is 2.69. The van der Waals surface area contributed by atoms with E-state index in [0.717, 1.165) is 50.5 Å². The topological polar surface area (TPSA) is 75.2 Å². The van der Waals surface area contributed by atoms with Crippen LogP contribution < -0.4 is 15.4 Å². The zero-order valence-corrected chi connectivity index (χ0v) is 22.0. The summed E-state index contributed by atoms with van der Waals surface area (Å²) in [6.07, 6.45) is 2.15. The van der Waals surface area contributed by atoms with Crippen LogP contribution >= 0.6 is 24.0 Å². The number of likely N-dealkylation sites (tertiary alicyclic amines) is 1. The van der Waals surface area contributed by atoms with Crippen molar-refractivity contribution in [2.24, 2.45) is 4.99 Å². The first-order chi connectivity index (χ1) is 15.6. The summed E-state index contributed by atoms with van der Waals surface area (Å²) in [7, 11) is 2.91. The highest BCUT2D eigenvalue weighted by Gasteiger charge is 2.20. The third-order valence-electron chi connectivity index (χ3n) is 5.61. The number of hydrogen-bond acceptors (Lipinski definition) is 5. The third-order valence-corrected chi connectivity index (χ3v) is 5.61. The minimum Gasteiger partial charge on any atom is -0.496 e. The molecule has 1 heterocycles. The number of halogens is 1. The molecule has 8 heteroatoms. The first-order valence-electron chi connectivity index (χ1n) is 11.2. The normalized spacial score (nSPS) is 14.8. The van der Waals surface area contributed by atoms with Crippen molar-refractivity contribution in [1.82, 2.24) is 15.5 Å². The molecule has 1 aliphatic heterocycles. The van der Waals surface area contributed by atoms with Gasteiger partial charge in [-0.2, -0.15) is 0 Å². The monoisotopic (exact) mass is 566 g/mol. The van der Waals surface area contributed by atoms with Crippen molar-refractivity contribution in [3.05, 3.63) is 65.2 Å². The molecular weight excluding hydrogens is 531 g/mol. The summed E-state index contributed by atoms with van der Waals surface area (Å²) >= 11 is 0. The van der Waals surface area contributed by atoms with E-state index in [-0.39, 0.29) is 24.0 Å². The molecule has 0 aromatic heterocycles. The minimum absolute atomic E-state index is 0. The van der Waals surface area contributed by atoms with E-state index in [9.17, 15) is 4.79 Å². The first-order valence-corrected chi connectivity index (χ1v) is 11.2. The van der Waals surface area contributed by atoms with Crippen LogP contribution in [0.5, 0.6) is 5.75 Å². The van der Waals surface area contributed by atoms with Crippen LogP contribution in [0, 0.1) is 0 Å². The number of nitrogens with one attached hydrogen (secondary N) is 2. The lowest BCUT2D eigenvalue weighted by atomic mass is 10.0. The average molecular weight is 566 g/mol. The van der Waals surface area contributed by atoms with Gasteiger partial charge in [-0.05, 0) is 43.0 Å². The summed E-state index contributed by atoms with van der Waals surface area (Å²) in [5, 5.41) is 6.91. The Balaban J connectivity index is 0.00000385. The van der Waals surface area contributed by atoms with E-state index in [1.807, 2.05) is 6.07 Å². The number of esters is 1. The van der Waals surface area contributed by atoms with Crippen molar-refractivity contribution in [3.8, 4) is 5.75 Å². The Kier molecular flexibility index (Phi) is 11.5. The van der Waals surface area contributed by atoms with Crippen molar-refractivity contribution in [2.45, 2.75) is 38.9 Å². The van der Waals surface area contributed by atoms with Gasteiger partial charge in [0.2, 0.25) is 0 Å². The highest BCUT2D eigenvalue weighted by atomic mass is 127. The largest absolute Gasteiger partial charge is 0.496 e. The van der Waals surface area contributed by atoms with Gasteiger partial charge in [-0.1, -0.05) is 36.4 Å². The van der Waals surface area contributed by atoms with E-state index in [1.165, 1.54) is 19.8 Å². The van der Waals surface area contributed by atoms with Gasteiger partial charge in [0.25, 0.3) is 0 Å². The number of piperidine rings is 1. The first kappa shape index (κ1) is 26.9. The fraction of sp³-hybridized carbons (Fsp3) is 0.440. The summed E-state index contributed by atoms with van der Waals surface area (Å²) in [5.74, 6) is 0.876. The van der Waals surface area contributed by atoms with Crippen LogP contribution in [-0.2, 0) is 17.8 Å². The highest BCUT2D eigenvalue weighted by Crippen LogP contribution is 2.21. The van der Waals surface area contributed by atoms with Crippen LogP contribution in [0.2, 0.25) is 0 Å². The fourth-order valence-corrected chi connectivity index (χ4v) is 3.88. The van der Waals surface area contributed by atoms with E-state index >= 15 is 0 Å². The number of rotatable bonds is 8. The molecule has 0 atom stereocenters. The Morgan fingerprint density at radius 2 is 1.82 bits per heavy atom. The van der Waals surface area contributed by atoms with E-state index in [2.05, 4.69) is 52.8 Å². The number of methoxy groups -OCH3 is 2. The smallest absolute Gasteiger partial charge is 0.341 e. The van der Waals surface area contributed by atoms with Crippen molar-refractivity contribution >= 4 is 35.9 Å². The van der Waals surface area contributed by atoms with Crippen molar-refractivity contribution < 1.29 is 14.3 Å². The van der Waals surface area contributed by atoms with Gasteiger partial charge in [0.15, 0.2) is 5.96 Å². The molecule has 0 spiro atoms. The maximum atomic E-state index is 12.0. The summed E-state index contributed by atoms with van der Waals surface area (Å²) in [4.78, 5) is 19.3. The number of carbonyl (C=O) groups excluding carboxylic acids is 1. The molecule has 2 aromatic rings. The van der Waals surface area contributed by atoms with Gasteiger partial charge in [0, 0.05) is 32.2 Å². The molecule has 0 radical (unpaired) electrons. The number of hydrogen-bond donors (Lipinski definition) is 2. The molecule has 0 saturated carbocycles. The predicted octanol–water partition coefficient (Wildman–Crippen LogP) is 3.82. The zero-order chi connectivity index (χ0) is 22.8. The zero-order valence-electron chi connectivity index (χ0n) is 19.7. The molecule has 0 amide bonds. The van der Waals surface area contributed by atoms with Crippen LogP contribution in [-0.4, -0.2) is 56.7 Å². The lowest BCUT2D eigenvalue weighted by molar-refractivity contribution is 0.0597. The molecule has 1 saturated heterocycles. The quantitative estimate of drug-likeness (QED) is 0.219. The standard InChI is InChI=1S/C25H34N4O3.HI/c1-4-26-25(27-17-20-10-11-23(31-2)22(16-20)24(30)32-3)28-21-12-14-29(15-13-21)18-19-8-6-5-7-9-19;/h5-11,16,21H,4,12-15,17-18H2,1-3H3,(H2,26,27,28);1H. The van der Waals surface area contributed by atoms with Gasteiger partial charge in [0.1, 0.15) is 11.3 Å². The summed E-state index contributed by atoms with van der Waals surface area (Å²) in [6.45, 7) is 6.43. The second-order valence-corrected chi connectivity index (χ2v) is 7.90. The number of carbonyl (C=O) groups is 1. The minimum atomic E-state index is -0.417. The van der Waals surface area contributed by atoms with E-state index in [1.54, 1.807) is 12.1 Å². The van der Waals surface area contributed by atoms with Gasteiger partial charge in [-0.25, -0.2) is 9.79 Å². The van der Waals surface area contributed by atoms with E-state index in [0.29, 0.717) is 23.9 Å². The van der Waals surface area contributed by atoms with E-state index in [4.69, 9.17) is 14.5 Å². The van der Waals surface area contributed by atoms with E-state index < -0.39 is 5.97 Å². The van der Waals surface area contributed by atoms with Gasteiger partial charge in [0.05, 0.1) is 20.8 Å². The van der Waals surface area contributed by atoms with Crippen LogP contribution in [0.25, 0.3) is 0 Å². The Morgan fingerprint density at radius 1 is 1.09 bits per heavy atom. The van der Waals surface area contributed by atoms with Gasteiger partial charge in [-0.15, -0.1) is 24.0 Å². The van der Waals surface area contributed by atoms with Crippen molar-refractivity contribution in [2.75, 3.05) is 33.9 Å². The number of benzene rings is 2. The second kappa shape index (κ2) is 14.0. The molecule has 3 rings (SSSR count). The Hall–Kier alpha value is -2.33. The molecule has 1 fully saturated rings. The fourth-order valence-electron chi connectivity index (χ4n) is 3.88. The molecule has 2 N–H and O–H groups in total. The Morgan fingerprint density at radius 3 is 2.45 bits per heavy atom. The van der Waals surface area contributed by atoms with Gasteiger partial charge >= 0.3 is 5.97 Å². The van der Waals surface area contributed by atoms with Crippen molar-refractivity contribution in [3.63, 3.8) is 0 Å². The number of aliphatic imine (C=N–C) groups is 1. The number of guanidine groups is 1. The second-order valence-electron chi connectivity index (χ2n) is 7.90. The predicted molar refractivity (Wildman–Crippen MR) is 142 cm³/mol. The third kappa shape index (κ3) is 8.19. The van der Waals surface area contributed by atoms with Crippen LogP contribution in [0.1, 0.15) is 41.3 Å². The maximum absolute atomic E-state index is 12.0. The van der Waals surface area contributed by atoms with Crippen LogP contribution in [0.3, 0.4) is 0 Å². The number of nitrogens with zero attached hydrogens (tertiary/aromatic N) is 2. The molecular formula is C25H35IN4O3. The Bertz CT molecular complexity index is 900. The highest BCUT2D eigenvalue weighted by molar-refractivity contribution is 14.0. The van der Waals surface area contributed by atoms with Crippen LogP contribution in [0.15, 0.2) is 53.5 Å². The van der Waals surface area contributed by atoms with Gasteiger partial charge < -0.3 is 20.1 Å². The lowest BCUT2D eigenvalue weighted by Crippen LogP contribution is -2.48. The molecule has 33 heavy (non-hydrogen) atoms. The summed E-state index contributed by atoms with van der Waals surface area (Å²) in [6, 6.07) is 16.5. The molecule has 7 nitrogen and oxygen atoms in total. The SMILES string of the molecule is CCNC(=NCc1ccc(OC)c(C(=O)OC)c1)NC1CCN(Cc2ccccc2)CC1.I. The summed E-state index contributed by atoms with van der Waals surface area (Å²) < 4.78 is 10.1. The molecule has 0 bridgehead atoms. The van der Waals surface area contributed by atoms with Gasteiger partial charge in [-0.3, -0.25) is 4.90 Å². The molecule has 2 aromatic carbocycles. The number of ether oxygens (including phenoxy) is 2. The van der Waals surface area contributed by atoms with Crippen molar-refractivity contribution in [1.29, 1.82) is 0 Å². The molecule has 1 aliphatic rings. The Labute approximate surface area is 214 Å². The van der Waals surface area contributed by atoms with Crippen LogP contribution in [0.4, 0.5) is 0 Å². The lowest BCUT2D eigenvalue weighted by Gasteiger charge is -2.33. The average Bonchev–Trinajstić information content (AvgIpc) is 2.84. The molecule has 0 unspecified atom stereocenters. The molecule has 0 aliphatic carbocycles. The molecule has 180 valence electrons.